The number of nitrogens with zero attached hydrogens (tertiary/aromatic N) is 1. The summed E-state index contributed by atoms with van der Waals surface area (Å²) >= 11 is 11.9. The van der Waals surface area contributed by atoms with Crippen LogP contribution in [0.3, 0.4) is 0 Å². The molecule has 2 rings (SSSR count). The lowest BCUT2D eigenvalue weighted by atomic mass is 10.2. The van der Waals surface area contributed by atoms with Gasteiger partial charge in [-0.15, -0.1) is 0 Å². The molecule has 0 aliphatic rings. The molecule has 0 aromatic heterocycles. The van der Waals surface area contributed by atoms with Crippen molar-refractivity contribution in [3.05, 3.63) is 52.5 Å². The third kappa shape index (κ3) is 6.13. The summed E-state index contributed by atoms with van der Waals surface area (Å²) in [5.74, 6) is -0.0319. The minimum Gasteiger partial charge on any atom is -0.495 e. The zero-order valence-electron chi connectivity index (χ0n) is 15.3. The topological polar surface area (TPSA) is 70.7 Å². The van der Waals surface area contributed by atoms with E-state index in [0.717, 1.165) is 0 Å². The van der Waals surface area contributed by atoms with Gasteiger partial charge in [0.1, 0.15) is 5.75 Å². The van der Waals surface area contributed by atoms with Gasteiger partial charge >= 0.3 is 0 Å². The fourth-order valence-electron chi connectivity index (χ4n) is 2.34. The van der Waals surface area contributed by atoms with Crippen molar-refractivity contribution < 1.29 is 14.3 Å². The van der Waals surface area contributed by atoms with E-state index in [9.17, 15) is 9.59 Å². The number of anilines is 2. The van der Waals surface area contributed by atoms with Crippen LogP contribution in [0.15, 0.2) is 42.5 Å². The maximum absolute atomic E-state index is 12.4. The number of ether oxygens (including phenoxy) is 1. The molecule has 0 fully saturated rings. The zero-order valence-corrected chi connectivity index (χ0v) is 16.8. The summed E-state index contributed by atoms with van der Waals surface area (Å²) in [6.45, 7) is 1.73. The standard InChI is InChI=1S/C19H21Cl2N3O3/c1-12(19(26)22-15-6-4-5-13(20)9-15)24(2)11-18(25)23-16-10-14(21)7-8-17(16)27-3/h4-10,12H,11H2,1-3H3,(H,22,26)(H,23,25). The lowest BCUT2D eigenvalue weighted by molar-refractivity contribution is -0.122. The van der Waals surface area contributed by atoms with Gasteiger partial charge in [0.05, 0.1) is 25.4 Å². The van der Waals surface area contributed by atoms with Crippen molar-refractivity contribution in [3.8, 4) is 5.75 Å². The minimum atomic E-state index is -0.531. The van der Waals surface area contributed by atoms with Gasteiger partial charge in [-0.25, -0.2) is 0 Å². The van der Waals surface area contributed by atoms with Crippen molar-refractivity contribution in [2.24, 2.45) is 0 Å². The minimum absolute atomic E-state index is 0.0137. The smallest absolute Gasteiger partial charge is 0.241 e. The summed E-state index contributed by atoms with van der Waals surface area (Å²) in [5.41, 5.74) is 1.07. The molecule has 0 heterocycles. The monoisotopic (exact) mass is 409 g/mol. The van der Waals surface area contributed by atoms with Gasteiger partial charge in [0, 0.05) is 15.7 Å². The molecule has 0 saturated carbocycles. The first kappa shape index (κ1) is 21.0. The van der Waals surface area contributed by atoms with Gasteiger partial charge in [-0.3, -0.25) is 14.5 Å². The molecule has 2 aromatic rings. The van der Waals surface area contributed by atoms with E-state index in [-0.39, 0.29) is 18.4 Å². The van der Waals surface area contributed by atoms with E-state index in [2.05, 4.69) is 10.6 Å². The molecule has 8 heteroatoms. The van der Waals surface area contributed by atoms with Crippen LogP contribution < -0.4 is 15.4 Å². The van der Waals surface area contributed by atoms with E-state index < -0.39 is 6.04 Å². The highest BCUT2D eigenvalue weighted by Gasteiger charge is 2.21. The normalized spacial score (nSPS) is 11.8. The highest BCUT2D eigenvalue weighted by molar-refractivity contribution is 6.31. The Morgan fingerprint density at radius 1 is 1.11 bits per heavy atom. The fraction of sp³-hybridized carbons (Fsp3) is 0.263. The SMILES string of the molecule is COc1ccc(Cl)cc1NC(=O)CN(C)C(C)C(=O)Nc1cccc(Cl)c1. The average Bonchev–Trinajstić information content (AvgIpc) is 2.61. The number of nitrogens with one attached hydrogen (secondary N) is 2. The van der Waals surface area contributed by atoms with Crippen LogP contribution in [0, 0.1) is 0 Å². The van der Waals surface area contributed by atoms with Gasteiger partial charge in [-0.1, -0.05) is 29.3 Å². The highest BCUT2D eigenvalue weighted by Crippen LogP contribution is 2.27. The van der Waals surface area contributed by atoms with Crippen LogP contribution in [0.2, 0.25) is 10.0 Å². The van der Waals surface area contributed by atoms with Crippen molar-refractivity contribution in [1.82, 2.24) is 4.90 Å². The number of methoxy groups -OCH3 is 1. The van der Waals surface area contributed by atoms with Crippen molar-refractivity contribution in [2.75, 3.05) is 31.3 Å². The molecule has 2 amide bonds. The summed E-state index contributed by atoms with van der Waals surface area (Å²) in [7, 11) is 3.20. The molecule has 0 aliphatic heterocycles. The summed E-state index contributed by atoms with van der Waals surface area (Å²) in [6.07, 6.45) is 0. The fourth-order valence-corrected chi connectivity index (χ4v) is 2.71. The maximum Gasteiger partial charge on any atom is 0.241 e. The number of amides is 2. The van der Waals surface area contributed by atoms with Crippen molar-refractivity contribution in [3.63, 3.8) is 0 Å². The summed E-state index contributed by atoms with van der Waals surface area (Å²) in [5, 5.41) is 6.53. The number of halogens is 2. The lowest BCUT2D eigenvalue weighted by Crippen LogP contribution is -2.43. The van der Waals surface area contributed by atoms with Gasteiger partial charge in [-0.05, 0) is 50.4 Å². The summed E-state index contributed by atoms with van der Waals surface area (Å²) in [6, 6.07) is 11.3. The largest absolute Gasteiger partial charge is 0.495 e. The second kappa shape index (κ2) is 9.60. The Morgan fingerprint density at radius 2 is 1.81 bits per heavy atom. The van der Waals surface area contributed by atoms with E-state index in [4.69, 9.17) is 27.9 Å². The van der Waals surface area contributed by atoms with Crippen LogP contribution in [0.4, 0.5) is 11.4 Å². The lowest BCUT2D eigenvalue weighted by Gasteiger charge is -2.23. The summed E-state index contributed by atoms with van der Waals surface area (Å²) < 4.78 is 5.21. The van der Waals surface area contributed by atoms with Gasteiger partial charge in [0.2, 0.25) is 11.8 Å². The first-order chi connectivity index (χ1) is 12.8. The number of carbonyl (C=O) groups excluding carboxylic acids is 2. The number of carbonyl (C=O) groups is 2. The zero-order chi connectivity index (χ0) is 20.0. The van der Waals surface area contributed by atoms with E-state index >= 15 is 0 Å². The van der Waals surface area contributed by atoms with Gasteiger partial charge in [-0.2, -0.15) is 0 Å². The van der Waals surface area contributed by atoms with Crippen molar-refractivity contribution in [1.29, 1.82) is 0 Å². The van der Waals surface area contributed by atoms with Gasteiger partial charge < -0.3 is 15.4 Å². The first-order valence-corrected chi connectivity index (χ1v) is 8.96. The number of rotatable bonds is 7. The molecule has 0 bridgehead atoms. The Labute approximate surface area is 168 Å². The van der Waals surface area contributed by atoms with Crippen LogP contribution in [0.25, 0.3) is 0 Å². The van der Waals surface area contributed by atoms with E-state index in [1.807, 2.05) is 0 Å². The predicted octanol–water partition coefficient (Wildman–Crippen LogP) is 3.90. The molecule has 27 heavy (non-hydrogen) atoms. The Balaban J connectivity index is 1.95. The molecule has 1 atom stereocenters. The Kier molecular flexibility index (Phi) is 7.47. The van der Waals surface area contributed by atoms with E-state index in [0.29, 0.717) is 27.2 Å². The molecule has 0 saturated heterocycles. The van der Waals surface area contributed by atoms with Crippen LogP contribution in [0.1, 0.15) is 6.92 Å². The quantitative estimate of drug-likeness (QED) is 0.727. The summed E-state index contributed by atoms with van der Waals surface area (Å²) in [4.78, 5) is 26.3. The molecule has 144 valence electrons. The molecular weight excluding hydrogens is 389 g/mol. The maximum atomic E-state index is 12.4. The number of hydrogen-bond donors (Lipinski definition) is 2. The third-order valence-corrected chi connectivity index (χ3v) is 4.43. The number of hydrogen-bond acceptors (Lipinski definition) is 4. The Hall–Kier alpha value is -2.28. The van der Waals surface area contributed by atoms with E-state index in [1.54, 1.807) is 61.3 Å². The molecule has 0 radical (unpaired) electrons. The van der Waals surface area contributed by atoms with E-state index in [1.165, 1.54) is 7.11 Å². The van der Waals surface area contributed by atoms with Crippen LogP contribution in [-0.2, 0) is 9.59 Å². The first-order valence-electron chi connectivity index (χ1n) is 8.20. The Bertz CT molecular complexity index is 830. The average molecular weight is 410 g/mol. The number of benzene rings is 2. The molecule has 6 nitrogen and oxygen atoms in total. The van der Waals surface area contributed by atoms with Crippen molar-refractivity contribution >= 4 is 46.4 Å². The molecular formula is C19H21Cl2N3O3. The molecule has 2 aromatic carbocycles. The van der Waals surface area contributed by atoms with Crippen LogP contribution in [-0.4, -0.2) is 43.5 Å². The highest BCUT2D eigenvalue weighted by atomic mass is 35.5. The third-order valence-electron chi connectivity index (χ3n) is 3.96. The molecule has 0 aliphatic carbocycles. The van der Waals surface area contributed by atoms with Gasteiger partial charge in [0.15, 0.2) is 0 Å². The van der Waals surface area contributed by atoms with Crippen molar-refractivity contribution in [2.45, 2.75) is 13.0 Å². The Morgan fingerprint density at radius 3 is 2.48 bits per heavy atom. The van der Waals surface area contributed by atoms with Crippen LogP contribution >= 0.6 is 23.2 Å². The molecule has 2 N–H and O–H groups in total. The predicted molar refractivity (Wildman–Crippen MR) is 109 cm³/mol. The second-order valence-corrected chi connectivity index (χ2v) is 6.86. The molecule has 1 unspecified atom stereocenters. The number of likely N-dealkylation sites (N-methyl/N-ethyl adjacent to an activating group) is 1. The molecule has 0 spiro atoms. The van der Waals surface area contributed by atoms with Crippen LogP contribution in [0.5, 0.6) is 5.75 Å². The second-order valence-electron chi connectivity index (χ2n) is 5.98. The van der Waals surface area contributed by atoms with Gasteiger partial charge in [0.25, 0.3) is 0 Å².